The second kappa shape index (κ2) is 4.72. The van der Waals surface area contributed by atoms with Gasteiger partial charge >= 0.3 is 0 Å². The smallest absolute Gasteiger partial charge is 0.125 e. The van der Waals surface area contributed by atoms with Crippen LogP contribution in [0, 0.1) is 6.42 Å². The maximum absolute atomic E-state index is 5.34. The molecule has 1 aromatic heterocycles. The molecule has 3 nitrogen and oxygen atoms in total. The normalized spacial score (nSPS) is 9.83. The summed E-state index contributed by atoms with van der Waals surface area (Å²) in [5.74, 6) is 0.895. The van der Waals surface area contributed by atoms with E-state index in [2.05, 4.69) is 10.3 Å². The molecular formula is C9H14N3. The van der Waals surface area contributed by atoms with Crippen molar-refractivity contribution in [3.8, 4) is 0 Å². The lowest BCUT2D eigenvalue weighted by Crippen LogP contribution is -2.01. The van der Waals surface area contributed by atoms with Gasteiger partial charge in [0.2, 0.25) is 0 Å². The Balaban J connectivity index is 2.53. The van der Waals surface area contributed by atoms with Gasteiger partial charge in [-0.25, -0.2) is 4.98 Å². The number of nitrogens with zero attached hydrogens (tertiary/aromatic N) is 1. The predicted molar refractivity (Wildman–Crippen MR) is 50.8 cm³/mol. The molecule has 0 aliphatic rings. The van der Waals surface area contributed by atoms with E-state index in [4.69, 9.17) is 5.73 Å². The third-order valence-electron chi connectivity index (χ3n) is 1.63. The number of aromatic nitrogens is 1. The van der Waals surface area contributed by atoms with Gasteiger partial charge in [-0.15, -0.1) is 0 Å². The van der Waals surface area contributed by atoms with Crippen molar-refractivity contribution in [3.63, 3.8) is 0 Å². The summed E-state index contributed by atoms with van der Waals surface area (Å²) in [6.45, 7) is 0.619. The maximum Gasteiger partial charge on any atom is 0.125 e. The van der Waals surface area contributed by atoms with Crippen LogP contribution in [-0.4, -0.2) is 18.6 Å². The molecule has 12 heavy (non-hydrogen) atoms. The highest BCUT2D eigenvalue weighted by Gasteiger charge is 1.93. The molecule has 1 heterocycles. The average Bonchev–Trinajstić information content (AvgIpc) is 2.15. The Morgan fingerprint density at radius 2 is 2.42 bits per heavy atom. The van der Waals surface area contributed by atoms with Crippen molar-refractivity contribution in [2.45, 2.75) is 6.42 Å². The van der Waals surface area contributed by atoms with E-state index in [1.165, 1.54) is 5.56 Å². The van der Waals surface area contributed by atoms with Crippen LogP contribution in [0.1, 0.15) is 5.56 Å². The number of hydrogen-bond acceptors (Lipinski definition) is 3. The molecule has 3 heteroatoms. The Labute approximate surface area is 73.0 Å². The average molecular weight is 164 g/mol. The van der Waals surface area contributed by atoms with Crippen LogP contribution in [0.5, 0.6) is 0 Å². The first-order valence-electron chi connectivity index (χ1n) is 4.01. The van der Waals surface area contributed by atoms with E-state index in [1.54, 1.807) is 0 Å². The first-order valence-corrected chi connectivity index (χ1v) is 4.01. The van der Waals surface area contributed by atoms with Crippen LogP contribution in [0.25, 0.3) is 0 Å². The largest absolute Gasteiger partial charge is 0.373 e. The van der Waals surface area contributed by atoms with Crippen molar-refractivity contribution in [1.82, 2.24) is 4.98 Å². The van der Waals surface area contributed by atoms with Crippen LogP contribution in [0.2, 0.25) is 0 Å². The van der Waals surface area contributed by atoms with Gasteiger partial charge in [0.15, 0.2) is 0 Å². The van der Waals surface area contributed by atoms with Crippen LogP contribution < -0.4 is 11.1 Å². The molecule has 0 saturated carbocycles. The van der Waals surface area contributed by atoms with Crippen molar-refractivity contribution < 1.29 is 0 Å². The zero-order valence-electron chi connectivity index (χ0n) is 7.25. The Hall–Kier alpha value is -1.09. The van der Waals surface area contributed by atoms with Crippen LogP contribution >= 0.6 is 0 Å². The lowest BCUT2D eigenvalue weighted by molar-refractivity contribution is 1.02. The molecule has 0 bridgehead atoms. The molecule has 0 fully saturated rings. The second-order valence-corrected chi connectivity index (χ2v) is 2.53. The summed E-state index contributed by atoms with van der Waals surface area (Å²) in [5.41, 5.74) is 6.54. The summed E-state index contributed by atoms with van der Waals surface area (Å²) in [4.78, 5) is 4.18. The van der Waals surface area contributed by atoms with E-state index in [-0.39, 0.29) is 0 Å². The molecule has 0 aliphatic heterocycles. The Morgan fingerprint density at radius 3 is 2.92 bits per heavy atom. The van der Waals surface area contributed by atoms with E-state index >= 15 is 0 Å². The first kappa shape index (κ1) is 9.00. The second-order valence-electron chi connectivity index (χ2n) is 2.53. The number of nitrogens with two attached hydrogens (primary N) is 1. The van der Waals surface area contributed by atoms with Gasteiger partial charge in [-0.2, -0.15) is 0 Å². The number of rotatable bonds is 4. The van der Waals surface area contributed by atoms with E-state index in [0.717, 1.165) is 12.2 Å². The molecule has 1 aromatic rings. The van der Waals surface area contributed by atoms with Crippen LogP contribution in [0.4, 0.5) is 5.82 Å². The minimum Gasteiger partial charge on any atom is -0.373 e. The van der Waals surface area contributed by atoms with Gasteiger partial charge in [0.05, 0.1) is 0 Å². The third-order valence-corrected chi connectivity index (χ3v) is 1.63. The fourth-order valence-electron chi connectivity index (χ4n) is 0.943. The summed E-state index contributed by atoms with van der Waals surface area (Å²) in [7, 11) is 1.86. The molecule has 1 rings (SSSR count). The quantitative estimate of drug-likeness (QED) is 0.693. The van der Waals surface area contributed by atoms with E-state index < -0.39 is 0 Å². The summed E-state index contributed by atoms with van der Waals surface area (Å²) >= 11 is 0. The zero-order valence-corrected chi connectivity index (χ0v) is 7.25. The summed E-state index contributed by atoms with van der Waals surface area (Å²) in [6, 6.07) is 4.00. The first-order chi connectivity index (χ1) is 5.86. The predicted octanol–water partition coefficient (Wildman–Crippen LogP) is 0.829. The highest BCUT2D eigenvalue weighted by Crippen LogP contribution is 2.05. The molecular weight excluding hydrogens is 150 g/mol. The number of anilines is 1. The van der Waals surface area contributed by atoms with Gasteiger partial charge in [0, 0.05) is 13.2 Å². The molecule has 0 unspecified atom stereocenters. The van der Waals surface area contributed by atoms with Gasteiger partial charge in [-0.1, -0.05) is 6.07 Å². The monoisotopic (exact) mass is 164 g/mol. The third kappa shape index (κ3) is 2.51. The van der Waals surface area contributed by atoms with E-state index in [9.17, 15) is 0 Å². The van der Waals surface area contributed by atoms with Crippen LogP contribution in [0.3, 0.4) is 0 Å². The molecule has 0 amide bonds. The zero-order chi connectivity index (χ0) is 8.81. The van der Waals surface area contributed by atoms with Crippen molar-refractivity contribution in [1.29, 1.82) is 0 Å². The molecule has 0 aliphatic carbocycles. The topological polar surface area (TPSA) is 50.9 Å². The van der Waals surface area contributed by atoms with Crippen molar-refractivity contribution in [2.24, 2.45) is 5.73 Å². The van der Waals surface area contributed by atoms with Gasteiger partial charge in [-0.3, -0.25) is 0 Å². The van der Waals surface area contributed by atoms with Crippen molar-refractivity contribution >= 4 is 5.82 Å². The van der Waals surface area contributed by atoms with Gasteiger partial charge in [0.1, 0.15) is 5.82 Å². The summed E-state index contributed by atoms with van der Waals surface area (Å²) in [5, 5.41) is 2.96. The van der Waals surface area contributed by atoms with E-state index in [1.807, 2.05) is 31.8 Å². The Morgan fingerprint density at radius 1 is 1.58 bits per heavy atom. The molecule has 0 atom stereocenters. The number of hydrogen-bond donors (Lipinski definition) is 2. The maximum atomic E-state index is 5.34. The lowest BCUT2D eigenvalue weighted by Gasteiger charge is -2.00. The molecule has 1 radical (unpaired) electrons. The van der Waals surface area contributed by atoms with Crippen molar-refractivity contribution in [2.75, 3.05) is 18.9 Å². The molecule has 65 valence electrons. The number of nitrogens with one attached hydrogen (secondary N) is 1. The number of pyridine rings is 1. The minimum atomic E-state index is 0.619. The standard InChI is InChI=1S/C9H14N3/c1-11-9-5-4-8(7-12-9)3-2-6-10/h2,4-5,7H,3,6,10H2,1H3,(H,11,12). The summed E-state index contributed by atoms with van der Waals surface area (Å²) < 4.78 is 0. The van der Waals surface area contributed by atoms with Gasteiger partial charge < -0.3 is 11.1 Å². The molecule has 0 saturated heterocycles. The highest BCUT2D eigenvalue weighted by molar-refractivity contribution is 5.34. The lowest BCUT2D eigenvalue weighted by atomic mass is 10.1. The minimum absolute atomic E-state index is 0.619. The molecule has 0 spiro atoms. The highest BCUT2D eigenvalue weighted by atomic mass is 14.9. The summed E-state index contributed by atoms with van der Waals surface area (Å²) in [6.07, 6.45) is 4.78. The SMILES string of the molecule is CNc1ccc(C[CH]CN)cn1. The van der Waals surface area contributed by atoms with Crippen molar-refractivity contribution in [3.05, 3.63) is 30.3 Å². The fraction of sp³-hybridized carbons (Fsp3) is 0.333. The Bertz CT molecular complexity index is 218. The van der Waals surface area contributed by atoms with E-state index in [0.29, 0.717) is 6.54 Å². The Kier molecular flexibility index (Phi) is 3.54. The van der Waals surface area contributed by atoms with Crippen LogP contribution in [0.15, 0.2) is 18.3 Å². The fourth-order valence-corrected chi connectivity index (χ4v) is 0.943. The molecule has 0 aromatic carbocycles. The molecule has 3 N–H and O–H groups in total. The van der Waals surface area contributed by atoms with Crippen LogP contribution in [-0.2, 0) is 6.42 Å². The van der Waals surface area contributed by atoms with Gasteiger partial charge in [0.25, 0.3) is 0 Å². The van der Waals surface area contributed by atoms with Gasteiger partial charge in [-0.05, 0) is 31.0 Å².